The first-order chi connectivity index (χ1) is 14.2. The van der Waals surface area contributed by atoms with Crippen molar-refractivity contribution in [2.24, 2.45) is 0 Å². The second-order valence-corrected chi connectivity index (χ2v) is 9.12. The topological polar surface area (TPSA) is 110 Å². The molecule has 0 radical (unpaired) electrons. The maximum Gasteiger partial charge on any atom is 0.289 e. The van der Waals surface area contributed by atoms with Crippen LogP contribution in [-0.4, -0.2) is 61.2 Å². The van der Waals surface area contributed by atoms with E-state index in [1.54, 1.807) is 12.1 Å². The van der Waals surface area contributed by atoms with Crippen molar-refractivity contribution in [3.63, 3.8) is 0 Å². The lowest BCUT2D eigenvalue weighted by Gasteiger charge is -2.33. The molecule has 0 aromatic heterocycles. The highest BCUT2D eigenvalue weighted by atomic mass is 35.5. The summed E-state index contributed by atoms with van der Waals surface area (Å²) in [7, 11) is -4.06. The van der Waals surface area contributed by atoms with Crippen LogP contribution < -0.4 is 4.74 Å². The van der Waals surface area contributed by atoms with Crippen LogP contribution in [0.15, 0.2) is 47.4 Å². The van der Waals surface area contributed by atoms with Gasteiger partial charge in [-0.25, -0.2) is 8.42 Å². The molecule has 12 heteroatoms. The summed E-state index contributed by atoms with van der Waals surface area (Å²) in [6, 6.07) is 9.81. The molecule has 1 amide bonds. The summed E-state index contributed by atoms with van der Waals surface area (Å²) in [5.74, 6) is -0.0178. The molecular weight excluding hydrogens is 457 g/mol. The Hall–Kier alpha value is -2.40. The number of para-hydroxylation sites is 1. The number of nitro groups is 1. The van der Waals surface area contributed by atoms with E-state index in [0.717, 1.165) is 10.4 Å². The van der Waals surface area contributed by atoms with Crippen LogP contribution in [0.2, 0.25) is 10.0 Å². The molecule has 2 aromatic rings. The fraction of sp³-hybridized carbons (Fsp3) is 0.278. The monoisotopic (exact) mass is 473 g/mol. The van der Waals surface area contributed by atoms with E-state index in [4.69, 9.17) is 27.9 Å². The maximum absolute atomic E-state index is 12.8. The average Bonchev–Trinajstić information content (AvgIpc) is 2.73. The summed E-state index contributed by atoms with van der Waals surface area (Å²) in [6.07, 6.45) is 0. The van der Waals surface area contributed by atoms with Gasteiger partial charge in [0.05, 0.1) is 9.95 Å². The number of nitro benzene ring substituents is 1. The Morgan fingerprint density at radius 2 is 1.77 bits per heavy atom. The van der Waals surface area contributed by atoms with Gasteiger partial charge >= 0.3 is 0 Å². The van der Waals surface area contributed by atoms with Gasteiger partial charge < -0.3 is 9.64 Å². The van der Waals surface area contributed by atoms with Crippen LogP contribution in [0, 0.1) is 10.1 Å². The molecule has 1 fully saturated rings. The Balaban J connectivity index is 1.61. The summed E-state index contributed by atoms with van der Waals surface area (Å²) in [6.45, 7) is 0.0364. The number of nitrogens with zero attached hydrogens (tertiary/aromatic N) is 3. The Kier molecular flexibility index (Phi) is 6.81. The van der Waals surface area contributed by atoms with Gasteiger partial charge in [0.15, 0.2) is 11.5 Å². The van der Waals surface area contributed by atoms with E-state index in [-0.39, 0.29) is 48.6 Å². The number of halogens is 2. The second kappa shape index (κ2) is 9.17. The highest BCUT2D eigenvalue weighted by molar-refractivity contribution is 7.89. The Bertz CT molecular complexity index is 1070. The van der Waals surface area contributed by atoms with Crippen molar-refractivity contribution >= 4 is 44.8 Å². The zero-order valence-corrected chi connectivity index (χ0v) is 17.9. The van der Waals surface area contributed by atoms with Crippen molar-refractivity contribution in [3.8, 4) is 5.75 Å². The lowest BCUT2D eigenvalue weighted by Crippen LogP contribution is -2.51. The minimum absolute atomic E-state index is 0.0157. The zero-order chi connectivity index (χ0) is 21.9. The van der Waals surface area contributed by atoms with Gasteiger partial charge in [-0.05, 0) is 24.3 Å². The third-order valence-electron chi connectivity index (χ3n) is 4.52. The van der Waals surface area contributed by atoms with Gasteiger partial charge in [-0.15, -0.1) is 0 Å². The molecule has 0 atom stereocenters. The van der Waals surface area contributed by atoms with E-state index in [2.05, 4.69) is 0 Å². The molecule has 0 saturated carbocycles. The van der Waals surface area contributed by atoms with Gasteiger partial charge in [-0.2, -0.15) is 4.31 Å². The van der Waals surface area contributed by atoms with E-state index in [9.17, 15) is 23.3 Å². The third-order valence-corrected chi connectivity index (χ3v) is 6.99. The number of hydrogen-bond acceptors (Lipinski definition) is 6. The van der Waals surface area contributed by atoms with Crippen molar-refractivity contribution < 1.29 is 22.9 Å². The minimum Gasteiger partial charge on any atom is -0.482 e. The number of piperazine rings is 1. The number of carbonyl (C=O) groups excluding carboxylic acids is 1. The number of carbonyl (C=O) groups is 1. The lowest BCUT2D eigenvalue weighted by atomic mass is 10.3. The van der Waals surface area contributed by atoms with E-state index in [1.807, 2.05) is 0 Å². The van der Waals surface area contributed by atoms with Gasteiger partial charge in [0.1, 0.15) is 5.75 Å². The fourth-order valence-electron chi connectivity index (χ4n) is 2.97. The lowest BCUT2D eigenvalue weighted by molar-refractivity contribution is -0.387. The highest BCUT2D eigenvalue weighted by Crippen LogP contribution is 2.28. The van der Waals surface area contributed by atoms with Crippen LogP contribution in [0.25, 0.3) is 0 Å². The van der Waals surface area contributed by atoms with Crippen molar-refractivity contribution in [3.05, 3.63) is 62.6 Å². The van der Waals surface area contributed by atoms with E-state index in [1.165, 1.54) is 29.2 Å². The van der Waals surface area contributed by atoms with Gasteiger partial charge in [-0.1, -0.05) is 35.3 Å². The van der Waals surface area contributed by atoms with Gasteiger partial charge in [0.2, 0.25) is 10.0 Å². The molecule has 0 unspecified atom stereocenters. The van der Waals surface area contributed by atoms with Crippen molar-refractivity contribution in [1.82, 2.24) is 9.21 Å². The predicted octanol–water partition coefficient (Wildman–Crippen LogP) is 2.81. The number of sulfonamides is 1. The van der Waals surface area contributed by atoms with Gasteiger partial charge in [0, 0.05) is 37.3 Å². The van der Waals surface area contributed by atoms with Crippen molar-refractivity contribution in [2.75, 3.05) is 32.8 Å². The molecule has 1 saturated heterocycles. The Morgan fingerprint density at radius 3 is 2.40 bits per heavy atom. The zero-order valence-electron chi connectivity index (χ0n) is 15.5. The molecule has 1 aliphatic heterocycles. The number of hydrogen-bond donors (Lipinski definition) is 0. The van der Waals surface area contributed by atoms with Crippen LogP contribution in [0.4, 0.5) is 5.69 Å². The molecule has 9 nitrogen and oxygen atoms in total. The molecule has 1 aliphatic rings. The van der Waals surface area contributed by atoms with Crippen molar-refractivity contribution in [1.29, 1.82) is 0 Å². The third kappa shape index (κ3) is 4.84. The quantitative estimate of drug-likeness (QED) is 0.471. The molecule has 2 aromatic carbocycles. The van der Waals surface area contributed by atoms with Crippen LogP contribution >= 0.6 is 23.2 Å². The first kappa shape index (κ1) is 22.3. The highest BCUT2D eigenvalue weighted by Gasteiger charge is 2.34. The molecule has 160 valence electrons. The largest absolute Gasteiger partial charge is 0.482 e. The number of ether oxygens (including phenoxy) is 1. The van der Waals surface area contributed by atoms with E-state index in [0.29, 0.717) is 10.8 Å². The second-order valence-electron chi connectivity index (χ2n) is 6.37. The van der Waals surface area contributed by atoms with Crippen LogP contribution in [0.5, 0.6) is 5.75 Å². The predicted molar refractivity (Wildman–Crippen MR) is 110 cm³/mol. The summed E-state index contributed by atoms with van der Waals surface area (Å²) in [5.41, 5.74) is -0.482. The first-order valence-electron chi connectivity index (χ1n) is 8.79. The normalized spacial score (nSPS) is 15.1. The number of benzene rings is 2. The molecule has 0 aliphatic carbocycles. The summed E-state index contributed by atoms with van der Waals surface area (Å²) in [5, 5.41) is 11.9. The summed E-state index contributed by atoms with van der Waals surface area (Å²) >= 11 is 11.8. The number of rotatable bonds is 6. The SMILES string of the molecule is O=C(COc1ccc(Cl)cc1Cl)N1CCN(S(=O)(=O)c2ccccc2[N+](=O)[O-])CC1. The Labute approximate surface area is 182 Å². The van der Waals surface area contributed by atoms with E-state index < -0.39 is 20.6 Å². The van der Waals surface area contributed by atoms with Gasteiger partial charge in [-0.3, -0.25) is 14.9 Å². The minimum atomic E-state index is -4.06. The number of amides is 1. The fourth-order valence-corrected chi connectivity index (χ4v) is 5.01. The molecule has 0 spiro atoms. The van der Waals surface area contributed by atoms with Crippen LogP contribution in [0.1, 0.15) is 0 Å². The molecule has 3 rings (SSSR count). The smallest absolute Gasteiger partial charge is 0.289 e. The summed E-state index contributed by atoms with van der Waals surface area (Å²) < 4.78 is 32.2. The van der Waals surface area contributed by atoms with Crippen LogP contribution in [-0.2, 0) is 14.8 Å². The molecular formula is C18H17Cl2N3O6S. The van der Waals surface area contributed by atoms with Crippen LogP contribution in [0.3, 0.4) is 0 Å². The maximum atomic E-state index is 12.8. The van der Waals surface area contributed by atoms with E-state index >= 15 is 0 Å². The molecule has 30 heavy (non-hydrogen) atoms. The standard InChI is InChI=1S/C18H17Cl2N3O6S/c19-13-5-6-16(14(20)11-13)29-12-18(24)21-7-9-22(10-8-21)30(27,28)17-4-2-1-3-15(17)23(25)26/h1-6,11H,7-10,12H2. The summed E-state index contributed by atoms with van der Waals surface area (Å²) in [4.78, 5) is 23.9. The molecule has 1 heterocycles. The molecule has 0 bridgehead atoms. The first-order valence-corrected chi connectivity index (χ1v) is 11.0. The van der Waals surface area contributed by atoms with Gasteiger partial charge in [0.25, 0.3) is 11.6 Å². The average molecular weight is 474 g/mol. The van der Waals surface area contributed by atoms with Crippen molar-refractivity contribution in [2.45, 2.75) is 4.90 Å². The molecule has 0 N–H and O–H groups in total. The Morgan fingerprint density at radius 1 is 1.10 bits per heavy atom.